The molecule has 162 valence electrons. The molecule has 30 heavy (non-hydrogen) atoms. The van der Waals surface area contributed by atoms with Gasteiger partial charge in [-0.15, -0.1) is 0 Å². The monoisotopic (exact) mass is 413 g/mol. The Morgan fingerprint density at radius 3 is 2.47 bits per heavy atom. The molecule has 3 fully saturated rings. The Bertz CT molecular complexity index is 839. The number of nitrogens with zero attached hydrogens (tertiary/aromatic N) is 1. The molecule has 1 aromatic carbocycles. The lowest BCUT2D eigenvalue weighted by atomic mass is 9.84. The van der Waals surface area contributed by atoms with Crippen molar-refractivity contribution >= 4 is 23.6 Å². The third-order valence-corrected chi connectivity index (χ3v) is 6.30. The summed E-state index contributed by atoms with van der Waals surface area (Å²) in [5.41, 5.74) is 1.61. The number of imide groups is 1. The van der Waals surface area contributed by atoms with E-state index in [0.717, 1.165) is 37.9 Å². The van der Waals surface area contributed by atoms with Crippen molar-refractivity contribution in [2.45, 2.75) is 82.4 Å². The highest BCUT2D eigenvalue weighted by Crippen LogP contribution is 2.52. The number of hydrogen-bond donors (Lipinski definition) is 2. The van der Waals surface area contributed by atoms with E-state index in [9.17, 15) is 14.4 Å². The summed E-state index contributed by atoms with van der Waals surface area (Å²) in [5.74, 6) is -0.0588. The van der Waals surface area contributed by atoms with Crippen molar-refractivity contribution in [1.82, 2.24) is 10.2 Å². The van der Waals surface area contributed by atoms with Gasteiger partial charge in [-0.25, -0.2) is 4.79 Å². The van der Waals surface area contributed by atoms with E-state index in [0.29, 0.717) is 18.8 Å². The van der Waals surface area contributed by atoms with Crippen molar-refractivity contribution in [3.8, 4) is 0 Å². The van der Waals surface area contributed by atoms with Gasteiger partial charge in [0.05, 0.1) is 0 Å². The van der Waals surface area contributed by atoms with Crippen molar-refractivity contribution in [2.24, 2.45) is 0 Å². The quantitative estimate of drug-likeness (QED) is 0.740. The molecule has 3 aliphatic rings. The van der Waals surface area contributed by atoms with Crippen LogP contribution in [0.15, 0.2) is 24.3 Å². The first-order valence-corrected chi connectivity index (χ1v) is 10.9. The second-order valence-electron chi connectivity index (χ2n) is 9.82. The van der Waals surface area contributed by atoms with Gasteiger partial charge in [0.2, 0.25) is 11.8 Å². The SMILES string of the molecule is CC(C)(C)OC(=O)N1CC[C@@H](c2ccc(NC3CCC(=O)NC3=O)cc2)CC12CC2. The molecule has 1 spiro atoms. The third kappa shape index (κ3) is 4.45. The molecular weight excluding hydrogens is 382 g/mol. The molecule has 1 saturated carbocycles. The predicted molar refractivity (Wildman–Crippen MR) is 113 cm³/mol. The van der Waals surface area contributed by atoms with Crippen LogP contribution in [0.25, 0.3) is 0 Å². The van der Waals surface area contributed by atoms with Crippen molar-refractivity contribution in [3.63, 3.8) is 0 Å². The molecular formula is C23H31N3O4. The zero-order valence-corrected chi connectivity index (χ0v) is 18.0. The highest BCUT2D eigenvalue weighted by molar-refractivity contribution is 6.01. The number of hydrogen-bond acceptors (Lipinski definition) is 5. The molecule has 2 heterocycles. The van der Waals surface area contributed by atoms with Gasteiger partial charge in [0.25, 0.3) is 0 Å². The molecule has 7 heteroatoms. The first-order valence-electron chi connectivity index (χ1n) is 10.9. The Morgan fingerprint density at radius 1 is 1.17 bits per heavy atom. The van der Waals surface area contributed by atoms with Gasteiger partial charge in [-0.1, -0.05) is 12.1 Å². The fraction of sp³-hybridized carbons (Fsp3) is 0.609. The van der Waals surface area contributed by atoms with E-state index in [1.165, 1.54) is 5.56 Å². The highest BCUT2D eigenvalue weighted by Gasteiger charge is 2.54. The normalized spacial score (nSPS) is 25.6. The van der Waals surface area contributed by atoms with Gasteiger partial charge in [-0.05, 0) is 76.5 Å². The van der Waals surface area contributed by atoms with Gasteiger partial charge < -0.3 is 15.0 Å². The first-order chi connectivity index (χ1) is 14.2. The molecule has 1 aliphatic carbocycles. The van der Waals surface area contributed by atoms with E-state index >= 15 is 0 Å². The van der Waals surface area contributed by atoms with Crippen molar-refractivity contribution in [1.29, 1.82) is 0 Å². The number of likely N-dealkylation sites (tertiary alicyclic amines) is 1. The zero-order chi connectivity index (χ0) is 21.5. The Hall–Kier alpha value is -2.57. The van der Waals surface area contributed by atoms with Crippen LogP contribution in [0.1, 0.15) is 70.8 Å². The van der Waals surface area contributed by atoms with Crippen LogP contribution in [0, 0.1) is 0 Å². The Kier molecular flexibility index (Phi) is 5.24. The fourth-order valence-electron chi connectivity index (χ4n) is 4.58. The lowest BCUT2D eigenvalue weighted by molar-refractivity contribution is -0.133. The van der Waals surface area contributed by atoms with Gasteiger partial charge in [0.15, 0.2) is 0 Å². The molecule has 0 radical (unpaired) electrons. The van der Waals surface area contributed by atoms with Gasteiger partial charge in [-0.2, -0.15) is 0 Å². The van der Waals surface area contributed by atoms with Crippen LogP contribution in [0.2, 0.25) is 0 Å². The smallest absolute Gasteiger partial charge is 0.410 e. The minimum absolute atomic E-state index is 0.0467. The largest absolute Gasteiger partial charge is 0.444 e. The first kappa shape index (κ1) is 20.7. The lowest BCUT2D eigenvalue weighted by Crippen LogP contribution is -2.49. The summed E-state index contributed by atoms with van der Waals surface area (Å²) in [5, 5.41) is 5.59. The molecule has 7 nitrogen and oxygen atoms in total. The van der Waals surface area contributed by atoms with E-state index in [2.05, 4.69) is 22.8 Å². The van der Waals surface area contributed by atoms with Gasteiger partial charge in [0.1, 0.15) is 11.6 Å². The number of carbonyl (C=O) groups is 3. The molecule has 0 aromatic heterocycles. The average molecular weight is 414 g/mol. The maximum Gasteiger partial charge on any atom is 0.410 e. The fourth-order valence-corrected chi connectivity index (χ4v) is 4.58. The minimum atomic E-state index is -0.477. The van der Waals surface area contributed by atoms with Gasteiger partial charge >= 0.3 is 6.09 Å². The maximum atomic E-state index is 12.6. The summed E-state index contributed by atoms with van der Waals surface area (Å²) < 4.78 is 5.62. The van der Waals surface area contributed by atoms with Crippen LogP contribution in [0.3, 0.4) is 0 Å². The topological polar surface area (TPSA) is 87.7 Å². The molecule has 0 bridgehead atoms. The number of rotatable bonds is 3. The summed E-state index contributed by atoms with van der Waals surface area (Å²) in [4.78, 5) is 37.8. The molecule has 2 saturated heterocycles. The molecule has 1 unspecified atom stereocenters. The molecule has 2 atom stereocenters. The van der Waals surface area contributed by atoms with Crippen LogP contribution in [-0.4, -0.2) is 46.5 Å². The zero-order valence-electron chi connectivity index (χ0n) is 18.0. The Labute approximate surface area is 177 Å². The summed E-state index contributed by atoms with van der Waals surface area (Å²) in [6, 6.07) is 7.84. The number of benzene rings is 1. The van der Waals surface area contributed by atoms with E-state index < -0.39 is 5.60 Å². The standard InChI is InChI=1S/C23H31N3O4/c1-22(2,3)30-21(29)26-13-10-16(14-23(26)11-12-23)15-4-6-17(7-5-15)24-18-8-9-19(27)25-20(18)28/h4-7,16,18,24H,8-14H2,1-3H3,(H,25,27,28)/t16-,18?/m1/s1. The number of piperidine rings is 2. The van der Waals surface area contributed by atoms with Crippen LogP contribution >= 0.6 is 0 Å². The number of anilines is 1. The van der Waals surface area contributed by atoms with E-state index in [-0.39, 0.29) is 29.5 Å². The lowest BCUT2D eigenvalue weighted by Gasteiger charge is -2.41. The van der Waals surface area contributed by atoms with E-state index in [4.69, 9.17) is 4.74 Å². The summed E-state index contributed by atoms with van der Waals surface area (Å²) in [7, 11) is 0. The number of amides is 3. The van der Waals surface area contributed by atoms with Gasteiger partial charge in [-0.3, -0.25) is 14.9 Å². The van der Waals surface area contributed by atoms with Crippen LogP contribution in [0.4, 0.5) is 10.5 Å². The van der Waals surface area contributed by atoms with Crippen LogP contribution in [-0.2, 0) is 14.3 Å². The third-order valence-electron chi connectivity index (χ3n) is 6.30. The molecule has 4 rings (SSSR count). The highest BCUT2D eigenvalue weighted by atomic mass is 16.6. The Morgan fingerprint density at radius 2 is 1.87 bits per heavy atom. The summed E-state index contributed by atoms with van der Waals surface area (Å²) >= 11 is 0. The molecule has 1 aromatic rings. The average Bonchev–Trinajstić information content (AvgIpc) is 3.42. The number of nitrogens with one attached hydrogen (secondary N) is 2. The maximum absolute atomic E-state index is 12.6. The number of ether oxygens (including phenoxy) is 1. The summed E-state index contributed by atoms with van der Waals surface area (Å²) in [6.07, 6.45) is 4.64. The van der Waals surface area contributed by atoms with E-state index in [1.54, 1.807) is 0 Å². The van der Waals surface area contributed by atoms with Crippen molar-refractivity contribution < 1.29 is 19.1 Å². The predicted octanol–water partition coefficient (Wildman–Crippen LogP) is 3.55. The molecule has 2 aliphatic heterocycles. The number of carbonyl (C=O) groups excluding carboxylic acids is 3. The second-order valence-corrected chi connectivity index (χ2v) is 9.82. The Balaban J connectivity index is 1.37. The van der Waals surface area contributed by atoms with Crippen LogP contribution in [0.5, 0.6) is 0 Å². The second kappa shape index (κ2) is 7.60. The minimum Gasteiger partial charge on any atom is -0.444 e. The van der Waals surface area contributed by atoms with Crippen LogP contribution < -0.4 is 10.6 Å². The van der Waals surface area contributed by atoms with Gasteiger partial charge in [0, 0.05) is 24.2 Å². The van der Waals surface area contributed by atoms with Crippen molar-refractivity contribution in [3.05, 3.63) is 29.8 Å². The molecule has 3 amide bonds. The molecule has 2 N–H and O–H groups in total. The van der Waals surface area contributed by atoms with E-state index in [1.807, 2.05) is 37.8 Å². The van der Waals surface area contributed by atoms with Crippen molar-refractivity contribution in [2.75, 3.05) is 11.9 Å². The summed E-state index contributed by atoms with van der Waals surface area (Å²) in [6.45, 7) is 6.43.